The fourth-order valence-electron chi connectivity index (χ4n) is 2.92. The maximum Gasteiger partial charge on any atom is 0.236 e. The number of halogens is 1. The van der Waals surface area contributed by atoms with Crippen molar-refractivity contribution in [3.63, 3.8) is 0 Å². The van der Waals surface area contributed by atoms with Crippen molar-refractivity contribution in [3.05, 3.63) is 35.6 Å². The van der Waals surface area contributed by atoms with Gasteiger partial charge in [0, 0.05) is 13.1 Å². The number of hydrogen-bond acceptors (Lipinski definition) is 2. The molecule has 1 amide bonds. The summed E-state index contributed by atoms with van der Waals surface area (Å²) in [6, 6.07) is 6.74. The van der Waals surface area contributed by atoms with Crippen LogP contribution in [0.25, 0.3) is 0 Å². The number of benzene rings is 1. The van der Waals surface area contributed by atoms with Gasteiger partial charge >= 0.3 is 0 Å². The average molecular weight is 292 g/mol. The number of aryl methyl sites for hydroxylation is 1. The molecule has 21 heavy (non-hydrogen) atoms. The molecule has 1 saturated heterocycles. The molecule has 1 aromatic rings. The minimum absolute atomic E-state index is 0.183. The van der Waals surface area contributed by atoms with Crippen molar-refractivity contribution in [2.75, 3.05) is 33.7 Å². The molecule has 0 aromatic heterocycles. The van der Waals surface area contributed by atoms with Crippen molar-refractivity contribution < 1.29 is 9.18 Å². The van der Waals surface area contributed by atoms with E-state index in [1.54, 1.807) is 0 Å². The Kier molecular flexibility index (Phi) is 5.74. The Bertz CT molecular complexity index is 458. The molecule has 0 radical (unpaired) electrons. The Labute approximate surface area is 126 Å². The molecule has 0 spiro atoms. The number of nitrogens with zero attached hydrogens (tertiary/aromatic N) is 2. The number of likely N-dealkylation sites (tertiary alicyclic amines) is 1. The van der Waals surface area contributed by atoms with Crippen LogP contribution in [-0.4, -0.2) is 49.4 Å². The lowest BCUT2D eigenvalue weighted by atomic mass is 9.91. The van der Waals surface area contributed by atoms with E-state index in [4.69, 9.17) is 0 Å². The van der Waals surface area contributed by atoms with Crippen LogP contribution in [0.2, 0.25) is 0 Å². The van der Waals surface area contributed by atoms with Gasteiger partial charge in [0.05, 0.1) is 6.54 Å². The zero-order valence-electron chi connectivity index (χ0n) is 13.0. The topological polar surface area (TPSA) is 23.6 Å². The van der Waals surface area contributed by atoms with Gasteiger partial charge in [-0.25, -0.2) is 4.39 Å². The van der Waals surface area contributed by atoms with E-state index in [9.17, 15) is 9.18 Å². The van der Waals surface area contributed by atoms with E-state index in [-0.39, 0.29) is 11.7 Å². The molecule has 0 bridgehead atoms. The molecule has 0 N–H and O–H groups in total. The summed E-state index contributed by atoms with van der Waals surface area (Å²) >= 11 is 0. The van der Waals surface area contributed by atoms with Gasteiger partial charge in [-0.15, -0.1) is 0 Å². The van der Waals surface area contributed by atoms with Crippen molar-refractivity contribution in [2.24, 2.45) is 5.92 Å². The highest BCUT2D eigenvalue weighted by Gasteiger charge is 2.23. The third-order valence-corrected chi connectivity index (χ3v) is 4.08. The summed E-state index contributed by atoms with van der Waals surface area (Å²) in [7, 11) is 3.85. The molecular weight excluding hydrogens is 267 g/mol. The van der Waals surface area contributed by atoms with E-state index < -0.39 is 0 Å². The molecule has 1 aliphatic heterocycles. The molecule has 4 heteroatoms. The number of piperidine rings is 1. The Balaban J connectivity index is 1.81. The molecule has 116 valence electrons. The lowest BCUT2D eigenvalue weighted by molar-refractivity contribution is -0.133. The number of carbonyl (C=O) groups excluding carboxylic acids is 1. The van der Waals surface area contributed by atoms with Crippen LogP contribution in [0, 0.1) is 11.7 Å². The second-order valence-electron chi connectivity index (χ2n) is 6.25. The number of likely N-dealkylation sites (N-methyl/N-ethyl adjacent to an activating group) is 1. The second-order valence-corrected chi connectivity index (χ2v) is 6.25. The first-order valence-electron chi connectivity index (χ1n) is 7.71. The van der Waals surface area contributed by atoms with Crippen molar-refractivity contribution in [1.29, 1.82) is 0 Å². The normalized spacial score (nSPS) is 19.0. The first-order chi connectivity index (χ1) is 10.0. The van der Waals surface area contributed by atoms with E-state index in [1.807, 2.05) is 36.0 Å². The molecule has 3 nitrogen and oxygen atoms in total. The molecule has 0 saturated carbocycles. The summed E-state index contributed by atoms with van der Waals surface area (Å²) in [4.78, 5) is 16.0. The van der Waals surface area contributed by atoms with Gasteiger partial charge in [0.1, 0.15) is 5.82 Å². The van der Waals surface area contributed by atoms with Gasteiger partial charge < -0.3 is 9.80 Å². The van der Waals surface area contributed by atoms with Crippen molar-refractivity contribution in [2.45, 2.75) is 25.7 Å². The van der Waals surface area contributed by atoms with Gasteiger partial charge in [-0.05, 0) is 63.4 Å². The summed E-state index contributed by atoms with van der Waals surface area (Å²) in [6.45, 7) is 2.25. The third kappa shape index (κ3) is 5.12. The fourth-order valence-corrected chi connectivity index (χ4v) is 2.92. The molecule has 1 atom stereocenters. The molecule has 2 rings (SSSR count). The van der Waals surface area contributed by atoms with Crippen LogP contribution in [0.1, 0.15) is 24.8 Å². The van der Waals surface area contributed by atoms with Gasteiger partial charge in [0.25, 0.3) is 0 Å². The predicted molar refractivity (Wildman–Crippen MR) is 82.6 cm³/mol. The summed E-state index contributed by atoms with van der Waals surface area (Å²) in [5.41, 5.74) is 1.17. The standard InChI is InChI=1S/C17H25FN2O/c1-19(2)13-17(21)20-11-3-4-15(12-20)6-5-14-7-9-16(18)10-8-14/h7-10,15H,3-6,11-13H2,1-2H3/t15-/m0/s1. The molecule has 1 heterocycles. The highest BCUT2D eigenvalue weighted by molar-refractivity contribution is 5.78. The van der Waals surface area contributed by atoms with Gasteiger partial charge in [0.15, 0.2) is 0 Å². The van der Waals surface area contributed by atoms with E-state index in [1.165, 1.54) is 24.1 Å². The SMILES string of the molecule is CN(C)CC(=O)N1CCC[C@@H](CCc2ccc(F)cc2)C1. The molecule has 1 aliphatic rings. The smallest absolute Gasteiger partial charge is 0.236 e. The Morgan fingerprint density at radius 1 is 1.33 bits per heavy atom. The summed E-state index contributed by atoms with van der Waals surface area (Å²) in [5.74, 6) is 0.610. The number of hydrogen-bond donors (Lipinski definition) is 0. The molecular formula is C17H25FN2O. The quantitative estimate of drug-likeness (QED) is 0.833. The molecule has 1 aromatic carbocycles. The van der Waals surface area contributed by atoms with Gasteiger partial charge in [-0.1, -0.05) is 12.1 Å². The monoisotopic (exact) mass is 292 g/mol. The fraction of sp³-hybridized carbons (Fsp3) is 0.588. The zero-order chi connectivity index (χ0) is 15.2. The summed E-state index contributed by atoms with van der Waals surface area (Å²) in [5, 5.41) is 0. The first kappa shape index (κ1) is 16.0. The lowest BCUT2D eigenvalue weighted by Gasteiger charge is -2.33. The van der Waals surface area contributed by atoms with Crippen molar-refractivity contribution in [1.82, 2.24) is 9.80 Å². The molecule has 1 fully saturated rings. The second kappa shape index (κ2) is 7.55. The third-order valence-electron chi connectivity index (χ3n) is 4.08. The largest absolute Gasteiger partial charge is 0.341 e. The summed E-state index contributed by atoms with van der Waals surface area (Å²) in [6.07, 6.45) is 4.30. The lowest BCUT2D eigenvalue weighted by Crippen LogP contribution is -2.43. The molecule has 0 unspecified atom stereocenters. The van der Waals surface area contributed by atoms with Crippen LogP contribution in [0.4, 0.5) is 4.39 Å². The Morgan fingerprint density at radius 3 is 2.71 bits per heavy atom. The van der Waals surface area contributed by atoms with E-state index >= 15 is 0 Å². The van der Waals surface area contributed by atoms with Crippen molar-refractivity contribution >= 4 is 5.91 Å². The van der Waals surface area contributed by atoms with Crippen LogP contribution in [0.5, 0.6) is 0 Å². The zero-order valence-corrected chi connectivity index (χ0v) is 13.0. The van der Waals surface area contributed by atoms with Crippen LogP contribution in [0.15, 0.2) is 24.3 Å². The first-order valence-corrected chi connectivity index (χ1v) is 7.71. The van der Waals surface area contributed by atoms with Crippen LogP contribution in [-0.2, 0) is 11.2 Å². The molecule has 0 aliphatic carbocycles. The van der Waals surface area contributed by atoms with Crippen LogP contribution >= 0.6 is 0 Å². The highest BCUT2D eigenvalue weighted by Crippen LogP contribution is 2.21. The number of amides is 1. The average Bonchev–Trinajstić information content (AvgIpc) is 2.46. The maximum absolute atomic E-state index is 12.9. The highest BCUT2D eigenvalue weighted by atomic mass is 19.1. The number of carbonyl (C=O) groups is 1. The van der Waals surface area contributed by atoms with Crippen LogP contribution in [0.3, 0.4) is 0 Å². The summed E-state index contributed by atoms with van der Waals surface area (Å²) < 4.78 is 12.9. The van der Waals surface area contributed by atoms with E-state index in [2.05, 4.69) is 0 Å². The van der Waals surface area contributed by atoms with E-state index in [0.29, 0.717) is 12.5 Å². The minimum Gasteiger partial charge on any atom is -0.341 e. The maximum atomic E-state index is 12.9. The van der Waals surface area contributed by atoms with Gasteiger partial charge in [-0.3, -0.25) is 4.79 Å². The Morgan fingerprint density at radius 2 is 2.05 bits per heavy atom. The van der Waals surface area contributed by atoms with Gasteiger partial charge in [0.2, 0.25) is 5.91 Å². The minimum atomic E-state index is -0.183. The van der Waals surface area contributed by atoms with Gasteiger partial charge in [-0.2, -0.15) is 0 Å². The van der Waals surface area contributed by atoms with Crippen LogP contribution < -0.4 is 0 Å². The van der Waals surface area contributed by atoms with Crippen molar-refractivity contribution in [3.8, 4) is 0 Å². The predicted octanol–water partition coefficient (Wildman–Crippen LogP) is 2.56. The number of rotatable bonds is 5. The Hall–Kier alpha value is -1.42. The van der Waals surface area contributed by atoms with E-state index in [0.717, 1.165) is 32.4 Å².